The van der Waals surface area contributed by atoms with Gasteiger partial charge in [0.15, 0.2) is 0 Å². The second-order valence-electron chi connectivity index (χ2n) is 6.63. The minimum atomic E-state index is -0.169. The molecule has 0 aliphatic heterocycles. The van der Waals surface area contributed by atoms with Crippen molar-refractivity contribution in [2.45, 2.75) is 39.3 Å². The second-order valence-corrected chi connectivity index (χ2v) is 6.63. The van der Waals surface area contributed by atoms with Crippen LogP contribution in [0.3, 0.4) is 0 Å². The van der Waals surface area contributed by atoms with Crippen LogP contribution in [0.25, 0.3) is 0 Å². The van der Waals surface area contributed by atoms with Crippen molar-refractivity contribution in [2.75, 3.05) is 0 Å². The van der Waals surface area contributed by atoms with Gasteiger partial charge in [0.25, 0.3) is 0 Å². The summed E-state index contributed by atoms with van der Waals surface area (Å²) in [5, 5.41) is 3.64. The summed E-state index contributed by atoms with van der Waals surface area (Å²) in [6, 6.07) is 15.8. The molecule has 1 N–H and O–H groups in total. The molecule has 1 aliphatic rings. The average Bonchev–Trinajstić information content (AvgIpc) is 2.46. The van der Waals surface area contributed by atoms with Gasteiger partial charge in [0.1, 0.15) is 5.82 Å². The molecule has 2 aromatic carbocycles. The van der Waals surface area contributed by atoms with Crippen molar-refractivity contribution in [3.05, 3.63) is 71.0 Å². The summed E-state index contributed by atoms with van der Waals surface area (Å²) in [5.41, 5.74) is 4.04. The normalized spacial score (nSPS) is 20.0. The third-order valence-electron chi connectivity index (χ3n) is 4.59. The van der Waals surface area contributed by atoms with E-state index >= 15 is 0 Å². The molecule has 0 amide bonds. The van der Waals surface area contributed by atoms with E-state index in [0.29, 0.717) is 12.6 Å². The summed E-state index contributed by atoms with van der Waals surface area (Å²) in [7, 11) is 0. The van der Waals surface area contributed by atoms with E-state index in [4.69, 9.17) is 0 Å². The van der Waals surface area contributed by atoms with Crippen molar-refractivity contribution < 1.29 is 4.39 Å². The Kier molecular flexibility index (Phi) is 3.81. The summed E-state index contributed by atoms with van der Waals surface area (Å²) in [5.74, 6) is -0.169. The van der Waals surface area contributed by atoms with Gasteiger partial charge < -0.3 is 5.32 Å². The first-order valence-corrected chi connectivity index (χ1v) is 7.62. The highest BCUT2D eigenvalue weighted by Gasteiger charge is 2.35. The monoisotopic (exact) mass is 283 g/mol. The van der Waals surface area contributed by atoms with Crippen LogP contribution in [0, 0.1) is 11.2 Å². The Morgan fingerprint density at radius 3 is 2.76 bits per heavy atom. The highest BCUT2D eigenvalue weighted by atomic mass is 19.1. The van der Waals surface area contributed by atoms with E-state index in [1.807, 2.05) is 6.07 Å². The van der Waals surface area contributed by atoms with E-state index in [-0.39, 0.29) is 11.2 Å². The van der Waals surface area contributed by atoms with Crippen molar-refractivity contribution in [3.8, 4) is 0 Å². The van der Waals surface area contributed by atoms with Gasteiger partial charge >= 0.3 is 0 Å². The number of nitrogens with one attached hydrogen (secondary N) is 1. The minimum Gasteiger partial charge on any atom is -0.305 e. The minimum absolute atomic E-state index is 0.169. The first kappa shape index (κ1) is 14.3. The predicted octanol–water partition coefficient (Wildman–Crippen LogP) is 4.63. The summed E-state index contributed by atoms with van der Waals surface area (Å²) < 4.78 is 13.3. The molecular weight excluding hydrogens is 261 g/mol. The maximum absolute atomic E-state index is 13.3. The topological polar surface area (TPSA) is 12.0 Å². The Hall–Kier alpha value is -1.67. The molecule has 110 valence electrons. The van der Waals surface area contributed by atoms with Gasteiger partial charge in [-0.25, -0.2) is 4.39 Å². The van der Waals surface area contributed by atoms with Gasteiger partial charge in [0.05, 0.1) is 0 Å². The highest BCUT2D eigenvalue weighted by Crippen LogP contribution is 2.43. The summed E-state index contributed by atoms with van der Waals surface area (Å²) in [6.07, 6.45) is 2.31. The quantitative estimate of drug-likeness (QED) is 0.866. The lowest BCUT2D eigenvalue weighted by Crippen LogP contribution is -2.37. The number of hydrogen-bond donors (Lipinski definition) is 1. The highest BCUT2D eigenvalue weighted by molar-refractivity contribution is 5.34. The Labute approximate surface area is 126 Å². The molecule has 0 spiro atoms. The first-order chi connectivity index (χ1) is 10.1. The predicted molar refractivity (Wildman–Crippen MR) is 84.5 cm³/mol. The average molecular weight is 283 g/mol. The largest absolute Gasteiger partial charge is 0.305 e. The fraction of sp³-hybridized carbons (Fsp3) is 0.368. The van der Waals surface area contributed by atoms with Crippen LogP contribution in [0.4, 0.5) is 4.39 Å². The number of halogens is 1. The lowest BCUT2D eigenvalue weighted by molar-refractivity contribution is 0.208. The number of hydrogen-bond acceptors (Lipinski definition) is 1. The molecule has 1 aliphatic carbocycles. The molecule has 0 bridgehead atoms. The summed E-state index contributed by atoms with van der Waals surface area (Å²) in [6.45, 7) is 5.32. The van der Waals surface area contributed by atoms with Gasteiger partial charge in [-0.05, 0) is 47.1 Å². The summed E-state index contributed by atoms with van der Waals surface area (Å²) in [4.78, 5) is 0. The fourth-order valence-electron chi connectivity index (χ4n) is 3.32. The van der Waals surface area contributed by atoms with Crippen LogP contribution in [-0.2, 0) is 13.0 Å². The second kappa shape index (κ2) is 5.61. The molecule has 0 saturated heterocycles. The molecular formula is C19H22FN. The molecule has 1 unspecified atom stereocenters. The Balaban J connectivity index is 1.83. The van der Waals surface area contributed by atoms with Gasteiger partial charge in [-0.1, -0.05) is 50.2 Å². The maximum Gasteiger partial charge on any atom is 0.123 e. The molecule has 0 radical (unpaired) electrons. The van der Waals surface area contributed by atoms with Gasteiger partial charge in [-0.15, -0.1) is 0 Å². The van der Waals surface area contributed by atoms with E-state index in [2.05, 4.69) is 43.4 Å². The molecule has 0 saturated carbocycles. The van der Waals surface area contributed by atoms with Crippen LogP contribution in [-0.4, -0.2) is 0 Å². The molecule has 3 rings (SSSR count). The van der Waals surface area contributed by atoms with Crippen LogP contribution < -0.4 is 5.32 Å². The number of aryl methyl sites for hydroxylation is 1. The third kappa shape index (κ3) is 3.01. The molecule has 21 heavy (non-hydrogen) atoms. The van der Waals surface area contributed by atoms with Crippen molar-refractivity contribution >= 4 is 0 Å². The lowest BCUT2D eigenvalue weighted by Gasteiger charge is -2.40. The van der Waals surface area contributed by atoms with Crippen LogP contribution in [0.5, 0.6) is 0 Å². The van der Waals surface area contributed by atoms with Crippen LogP contribution in [0.2, 0.25) is 0 Å². The van der Waals surface area contributed by atoms with Crippen molar-refractivity contribution in [1.29, 1.82) is 0 Å². The number of fused-ring (bicyclic) bond motifs is 1. The Morgan fingerprint density at radius 1 is 1.14 bits per heavy atom. The van der Waals surface area contributed by atoms with Gasteiger partial charge in [-0.2, -0.15) is 0 Å². The number of rotatable bonds is 3. The zero-order chi connectivity index (χ0) is 14.9. The Bertz CT molecular complexity index is 633. The molecule has 1 atom stereocenters. The molecule has 0 heterocycles. The van der Waals surface area contributed by atoms with E-state index in [9.17, 15) is 4.39 Å². The molecule has 0 aromatic heterocycles. The molecule has 2 aromatic rings. The molecule has 0 fully saturated rings. The van der Waals surface area contributed by atoms with E-state index < -0.39 is 0 Å². The Morgan fingerprint density at radius 2 is 1.95 bits per heavy atom. The number of benzene rings is 2. The van der Waals surface area contributed by atoms with Crippen LogP contribution in [0.1, 0.15) is 43.0 Å². The lowest BCUT2D eigenvalue weighted by atomic mass is 9.70. The first-order valence-electron chi connectivity index (χ1n) is 7.62. The van der Waals surface area contributed by atoms with Crippen molar-refractivity contribution in [1.82, 2.24) is 5.32 Å². The van der Waals surface area contributed by atoms with E-state index in [1.54, 1.807) is 12.1 Å². The van der Waals surface area contributed by atoms with Crippen molar-refractivity contribution in [2.24, 2.45) is 5.41 Å². The zero-order valence-electron chi connectivity index (χ0n) is 12.7. The molecule has 2 heteroatoms. The van der Waals surface area contributed by atoms with E-state index in [1.165, 1.54) is 23.6 Å². The van der Waals surface area contributed by atoms with Gasteiger partial charge in [0, 0.05) is 12.6 Å². The van der Waals surface area contributed by atoms with Crippen LogP contribution in [0.15, 0.2) is 48.5 Å². The summed E-state index contributed by atoms with van der Waals surface area (Å²) >= 11 is 0. The maximum atomic E-state index is 13.3. The smallest absolute Gasteiger partial charge is 0.123 e. The SMILES string of the molecule is CC1(C)CCc2ccccc2C1NCc1cccc(F)c1. The van der Waals surface area contributed by atoms with Gasteiger partial charge in [0.2, 0.25) is 0 Å². The zero-order valence-corrected chi connectivity index (χ0v) is 12.7. The molecule has 1 nitrogen and oxygen atoms in total. The fourth-order valence-corrected chi connectivity index (χ4v) is 3.32. The van der Waals surface area contributed by atoms with Crippen molar-refractivity contribution in [3.63, 3.8) is 0 Å². The standard InChI is InChI=1S/C19H22FN/c1-19(2)11-10-15-7-3-4-9-17(15)18(19)21-13-14-6-5-8-16(20)12-14/h3-9,12,18,21H,10-11,13H2,1-2H3. The third-order valence-corrected chi connectivity index (χ3v) is 4.59. The van der Waals surface area contributed by atoms with Crippen LogP contribution >= 0.6 is 0 Å². The van der Waals surface area contributed by atoms with Gasteiger partial charge in [-0.3, -0.25) is 0 Å². The van der Waals surface area contributed by atoms with E-state index in [0.717, 1.165) is 12.0 Å².